The number of carbonyl (C=O) groups is 2. The van der Waals surface area contributed by atoms with Crippen LogP contribution in [0.2, 0.25) is 0 Å². The summed E-state index contributed by atoms with van der Waals surface area (Å²) in [7, 11) is 0. The van der Waals surface area contributed by atoms with Crippen molar-refractivity contribution in [1.29, 1.82) is 0 Å². The summed E-state index contributed by atoms with van der Waals surface area (Å²) in [4.78, 5) is 26.0. The Kier molecular flexibility index (Phi) is 6.05. The number of piperidine rings is 1. The molecule has 1 aliphatic rings. The minimum atomic E-state index is -0.504. The zero-order valence-corrected chi connectivity index (χ0v) is 14.2. The Labute approximate surface area is 128 Å². The molecule has 1 rings (SSSR count). The van der Waals surface area contributed by atoms with E-state index >= 15 is 0 Å². The number of ether oxygens (including phenoxy) is 1. The lowest BCUT2D eigenvalue weighted by atomic mass is 9.91. The molecule has 0 aliphatic carbocycles. The highest BCUT2D eigenvalue weighted by Crippen LogP contribution is 2.21. The number of rotatable bonds is 3. The molecule has 1 aliphatic heterocycles. The summed E-state index contributed by atoms with van der Waals surface area (Å²) >= 11 is 0. The molecule has 2 amide bonds. The molecule has 0 spiro atoms. The average molecular weight is 298 g/mol. The Bertz CT molecular complexity index is 374. The molecule has 5 heteroatoms. The minimum Gasteiger partial charge on any atom is -0.444 e. The molecule has 0 aromatic carbocycles. The zero-order chi connectivity index (χ0) is 16.2. The van der Waals surface area contributed by atoms with Crippen LogP contribution in [0.5, 0.6) is 0 Å². The van der Waals surface area contributed by atoms with E-state index in [0.29, 0.717) is 12.5 Å². The van der Waals surface area contributed by atoms with Crippen LogP contribution in [0, 0.1) is 11.8 Å². The van der Waals surface area contributed by atoms with Gasteiger partial charge in [0, 0.05) is 19.0 Å². The van der Waals surface area contributed by atoms with Gasteiger partial charge in [0.05, 0.1) is 6.04 Å². The van der Waals surface area contributed by atoms with Gasteiger partial charge in [0.1, 0.15) is 5.60 Å². The van der Waals surface area contributed by atoms with Crippen LogP contribution in [0.4, 0.5) is 4.79 Å². The van der Waals surface area contributed by atoms with Gasteiger partial charge >= 0.3 is 6.09 Å². The van der Waals surface area contributed by atoms with Crippen molar-refractivity contribution in [2.75, 3.05) is 13.1 Å². The number of nitrogens with one attached hydrogen (secondary N) is 1. The fourth-order valence-corrected chi connectivity index (χ4v) is 2.62. The monoisotopic (exact) mass is 298 g/mol. The molecule has 2 atom stereocenters. The maximum Gasteiger partial charge on any atom is 0.407 e. The molecule has 1 fully saturated rings. The summed E-state index contributed by atoms with van der Waals surface area (Å²) in [6.07, 6.45) is 1.51. The van der Waals surface area contributed by atoms with Crippen LogP contribution in [0.1, 0.15) is 54.4 Å². The van der Waals surface area contributed by atoms with Crippen LogP contribution >= 0.6 is 0 Å². The van der Waals surface area contributed by atoms with Crippen LogP contribution in [0.25, 0.3) is 0 Å². The van der Waals surface area contributed by atoms with E-state index in [9.17, 15) is 9.59 Å². The Balaban J connectivity index is 2.65. The molecule has 1 N–H and O–H groups in total. The predicted octanol–water partition coefficient (Wildman–Crippen LogP) is 2.79. The van der Waals surface area contributed by atoms with Gasteiger partial charge in [0.25, 0.3) is 0 Å². The summed E-state index contributed by atoms with van der Waals surface area (Å²) in [5.41, 5.74) is -0.504. The van der Waals surface area contributed by atoms with Crippen molar-refractivity contribution in [3.63, 3.8) is 0 Å². The number of carbonyl (C=O) groups excluding carboxylic acids is 2. The number of hydrogen-bond donors (Lipinski definition) is 1. The molecule has 1 saturated heterocycles. The second-order valence-corrected chi connectivity index (χ2v) is 7.25. The summed E-state index contributed by atoms with van der Waals surface area (Å²) in [6.45, 7) is 12.8. The summed E-state index contributed by atoms with van der Waals surface area (Å²) in [6, 6.07) is -0.0266. The third kappa shape index (κ3) is 5.94. The van der Waals surface area contributed by atoms with E-state index in [2.05, 4.69) is 12.2 Å². The van der Waals surface area contributed by atoms with Crippen molar-refractivity contribution in [3.05, 3.63) is 0 Å². The van der Waals surface area contributed by atoms with Gasteiger partial charge < -0.3 is 15.0 Å². The van der Waals surface area contributed by atoms with E-state index in [-0.39, 0.29) is 17.9 Å². The Morgan fingerprint density at radius 3 is 2.38 bits per heavy atom. The van der Waals surface area contributed by atoms with Gasteiger partial charge in [-0.1, -0.05) is 27.2 Å². The Morgan fingerprint density at radius 1 is 1.29 bits per heavy atom. The van der Waals surface area contributed by atoms with Crippen LogP contribution in [-0.2, 0) is 9.53 Å². The number of nitrogens with zero attached hydrogens (tertiary/aromatic N) is 1. The lowest BCUT2D eigenvalue weighted by molar-refractivity contribution is -0.136. The molecule has 0 aromatic heterocycles. The molecular formula is C16H30N2O3. The minimum absolute atomic E-state index is 0.0113. The highest BCUT2D eigenvalue weighted by atomic mass is 16.6. The van der Waals surface area contributed by atoms with E-state index in [1.54, 1.807) is 0 Å². The van der Waals surface area contributed by atoms with Crippen molar-refractivity contribution < 1.29 is 14.3 Å². The maximum absolute atomic E-state index is 12.2. The zero-order valence-electron chi connectivity index (χ0n) is 14.2. The van der Waals surface area contributed by atoms with Crippen molar-refractivity contribution in [2.24, 2.45) is 11.8 Å². The average Bonchev–Trinajstić information content (AvgIpc) is 2.34. The molecule has 0 saturated carbocycles. The van der Waals surface area contributed by atoms with Gasteiger partial charge in [-0.05, 0) is 33.1 Å². The summed E-state index contributed by atoms with van der Waals surface area (Å²) in [5, 5.41) is 2.91. The first-order chi connectivity index (χ1) is 9.62. The van der Waals surface area contributed by atoms with Crippen molar-refractivity contribution in [1.82, 2.24) is 10.2 Å². The van der Waals surface area contributed by atoms with Crippen molar-refractivity contribution in [3.8, 4) is 0 Å². The highest BCUT2D eigenvalue weighted by Gasteiger charge is 2.31. The lowest BCUT2D eigenvalue weighted by Gasteiger charge is -2.38. The summed E-state index contributed by atoms with van der Waals surface area (Å²) < 4.78 is 5.30. The normalized spacial score (nSPS) is 23.1. The first-order valence-electron chi connectivity index (χ1n) is 7.90. The number of likely N-dealkylation sites (tertiary alicyclic amines) is 1. The van der Waals surface area contributed by atoms with Gasteiger partial charge in [-0.2, -0.15) is 0 Å². The molecule has 1 heterocycles. The molecule has 0 radical (unpaired) electrons. The van der Waals surface area contributed by atoms with E-state index in [0.717, 1.165) is 19.4 Å². The van der Waals surface area contributed by atoms with E-state index in [4.69, 9.17) is 4.74 Å². The van der Waals surface area contributed by atoms with Crippen LogP contribution < -0.4 is 5.32 Å². The van der Waals surface area contributed by atoms with Crippen molar-refractivity contribution in [2.45, 2.75) is 66.0 Å². The Hall–Kier alpha value is -1.26. The summed E-state index contributed by atoms with van der Waals surface area (Å²) in [5.74, 6) is 0.577. The van der Waals surface area contributed by atoms with Crippen molar-refractivity contribution >= 4 is 12.0 Å². The van der Waals surface area contributed by atoms with Crippen LogP contribution in [-0.4, -0.2) is 41.6 Å². The molecule has 122 valence electrons. The standard InChI is InChI=1S/C16H30N2O3/c1-7-12-8-13(17-15(20)21-16(4,5)6)10-18(9-12)14(19)11(2)3/h11-13H,7-10H2,1-6H3,(H,17,20). The van der Waals surface area contributed by atoms with Crippen LogP contribution in [0.3, 0.4) is 0 Å². The molecule has 0 aromatic rings. The van der Waals surface area contributed by atoms with Gasteiger partial charge in [-0.15, -0.1) is 0 Å². The van der Waals surface area contributed by atoms with Gasteiger partial charge in [0.2, 0.25) is 5.91 Å². The first kappa shape index (κ1) is 17.8. The topological polar surface area (TPSA) is 58.6 Å². The van der Waals surface area contributed by atoms with Crippen LogP contribution in [0.15, 0.2) is 0 Å². The first-order valence-corrected chi connectivity index (χ1v) is 7.90. The smallest absolute Gasteiger partial charge is 0.407 e. The number of alkyl carbamates (subject to hydrolysis) is 1. The largest absolute Gasteiger partial charge is 0.444 e. The van der Waals surface area contributed by atoms with E-state index in [1.807, 2.05) is 39.5 Å². The van der Waals surface area contributed by atoms with Gasteiger partial charge in [-0.3, -0.25) is 4.79 Å². The number of hydrogen-bond acceptors (Lipinski definition) is 3. The SMILES string of the molecule is CCC1CC(NC(=O)OC(C)(C)C)CN(C(=O)C(C)C)C1. The van der Waals surface area contributed by atoms with E-state index < -0.39 is 11.7 Å². The second-order valence-electron chi connectivity index (χ2n) is 7.25. The molecule has 5 nitrogen and oxygen atoms in total. The lowest BCUT2D eigenvalue weighted by Crippen LogP contribution is -2.53. The number of amides is 2. The highest BCUT2D eigenvalue weighted by molar-refractivity contribution is 5.78. The van der Waals surface area contributed by atoms with Gasteiger partial charge in [0.15, 0.2) is 0 Å². The molecule has 2 unspecified atom stereocenters. The second kappa shape index (κ2) is 7.14. The molecule has 0 bridgehead atoms. The third-order valence-corrected chi connectivity index (χ3v) is 3.64. The van der Waals surface area contributed by atoms with E-state index in [1.165, 1.54) is 0 Å². The molecule has 21 heavy (non-hydrogen) atoms. The quantitative estimate of drug-likeness (QED) is 0.871. The predicted molar refractivity (Wildman–Crippen MR) is 83.0 cm³/mol. The maximum atomic E-state index is 12.2. The molecular weight excluding hydrogens is 268 g/mol. The fourth-order valence-electron chi connectivity index (χ4n) is 2.62. The third-order valence-electron chi connectivity index (χ3n) is 3.64. The Morgan fingerprint density at radius 2 is 1.90 bits per heavy atom. The fraction of sp³-hybridized carbons (Fsp3) is 0.875. The van der Waals surface area contributed by atoms with Gasteiger partial charge in [-0.25, -0.2) is 4.79 Å².